The van der Waals surface area contributed by atoms with Crippen LogP contribution in [0.4, 0.5) is 5.69 Å². The van der Waals surface area contributed by atoms with Crippen molar-refractivity contribution < 1.29 is 19.2 Å². The zero-order chi connectivity index (χ0) is 18.6. The van der Waals surface area contributed by atoms with E-state index in [-0.39, 0.29) is 11.3 Å². The number of hydrogen-bond donors (Lipinski definition) is 1. The summed E-state index contributed by atoms with van der Waals surface area (Å²) in [6, 6.07) is 9.89. The van der Waals surface area contributed by atoms with Gasteiger partial charge in [-0.2, -0.15) is 0 Å². The van der Waals surface area contributed by atoms with Crippen molar-refractivity contribution in [2.24, 2.45) is 0 Å². The number of rotatable bonds is 5. The van der Waals surface area contributed by atoms with Gasteiger partial charge in [0.25, 0.3) is 11.6 Å². The Labute approximate surface area is 152 Å². The molecule has 0 spiro atoms. The number of aryl methyl sites for hydroxylation is 1. The second-order valence-electron chi connectivity index (χ2n) is 5.24. The number of esters is 1. The van der Waals surface area contributed by atoms with Crippen molar-refractivity contribution in [2.45, 2.75) is 13.0 Å². The van der Waals surface area contributed by atoms with Gasteiger partial charge in [-0.05, 0) is 36.8 Å². The largest absolute Gasteiger partial charge is 0.467 e. The fraction of sp³-hybridized carbons (Fsp3) is 0.176. The molecule has 0 bridgehead atoms. The maximum Gasteiger partial charge on any atom is 0.333 e. The maximum absolute atomic E-state index is 12.5. The molecule has 1 amide bonds. The van der Waals surface area contributed by atoms with Crippen LogP contribution in [0.15, 0.2) is 46.9 Å². The number of nitrogens with zero attached hydrogens (tertiary/aromatic N) is 1. The normalized spacial score (nSPS) is 11.5. The number of nitrogens with one attached hydrogen (secondary N) is 1. The highest BCUT2D eigenvalue weighted by molar-refractivity contribution is 9.10. The monoisotopic (exact) mass is 406 g/mol. The molecule has 0 aliphatic heterocycles. The summed E-state index contributed by atoms with van der Waals surface area (Å²) in [4.78, 5) is 34.8. The lowest BCUT2D eigenvalue weighted by Gasteiger charge is -2.17. The molecule has 2 rings (SSSR count). The van der Waals surface area contributed by atoms with Crippen molar-refractivity contribution in [3.05, 3.63) is 73.7 Å². The molecule has 7 nitrogen and oxygen atoms in total. The number of carbonyl (C=O) groups excluding carboxylic acids is 2. The smallest absolute Gasteiger partial charge is 0.333 e. The summed E-state index contributed by atoms with van der Waals surface area (Å²) in [5.74, 6) is -1.15. The third-order valence-corrected chi connectivity index (χ3v) is 4.10. The lowest BCUT2D eigenvalue weighted by Crippen LogP contribution is -2.34. The van der Waals surface area contributed by atoms with Crippen molar-refractivity contribution in [3.8, 4) is 0 Å². The lowest BCUT2D eigenvalue weighted by atomic mass is 10.1. The maximum atomic E-state index is 12.5. The molecule has 1 unspecified atom stereocenters. The highest BCUT2D eigenvalue weighted by atomic mass is 79.9. The van der Waals surface area contributed by atoms with E-state index in [4.69, 9.17) is 4.74 Å². The fourth-order valence-electron chi connectivity index (χ4n) is 2.27. The molecule has 0 heterocycles. The Bertz CT molecular complexity index is 820. The van der Waals surface area contributed by atoms with Gasteiger partial charge in [-0.25, -0.2) is 4.79 Å². The van der Waals surface area contributed by atoms with Crippen LogP contribution in [0.1, 0.15) is 27.5 Å². The predicted octanol–water partition coefficient (Wildman–Crippen LogP) is 3.31. The van der Waals surface area contributed by atoms with Gasteiger partial charge in [-0.15, -0.1) is 0 Å². The topological polar surface area (TPSA) is 98.5 Å². The second-order valence-corrected chi connectivity index (χ2v) is 6.16. The molecule has 2 aromatic carbocycles. The first-order chi connectivity index (χ1) is 11.8. The quantitative estimate of drug-likeness (QED) is 0.466. The summed E-state index contributed by atoms with van der Waals surface area (Å²) >= 11 is 3.30. The van der Waals surface area contributed by atoms with Crippen molar-refractivity contribution in [1.82, 2.24) is 5.32 Å². The van der Waals surface area contributed by atoms with Gasteiger partial charge in [0.05, 0.1) is 12.0 Å². The third-order valence-electron chi connectivity index (χ3n) is 3.57. The summed E-state index contributed by atoms with van der Waals surface area (Å²) in [6.07, 6.45) is 0. The number of nitro groups is 1. The van der Waals surface area contributed by atoms with Gasteiger partial charge in [0.15, 0.2) is 6.04 Å². The molecule has 0 aromatic heterocycles. The molecule has 0 saturated carbocycles. The Balaban J connectivity index is 2.28. The number of ether oxygens (including phenoxy) is 1. The Morgan fingerprint density at radius 3 is 2.36 bits per heavy atom. The molecule has 1 atom stereocenters. The van der Waals surface area contributed by atoms with Gasteiger partial charge >= 0.3 is 5.97 Å². The highest BCUT2D eigenvalue weighted by Gasteiger charge is 2.24. The minimum atomic E-state index is -0.985. The van der Waals surface area contributed by atoms with Gasteiger partial charge in [0, 0.05) is 21.7 Å². The summed E-state index contributed by atoms with van der Waals surface area (Å²) < 4.78 is 5.58. The molecule has 130 valence electrons. The number of hydrogen-bond acceptors (Lipinski definition) is 5. The minimum Gasteiger partial charge on any atom is -0.467 e. The zero-order valence-electron chi connectivity index (χ0n) is 13.5. The van der Waals surface area contributed by atoms with Gasteiger partial charge in [-0.1, -0.05) is 28.1 Å². The lowest BCUT2D eigenvalue weighted by molar-refractivity contribution is -0.385. The van der Waals surface area contributed by atoms with Crippen LogP contribution >= 0.6 is 15.9 Å². The zero-order valence-corrected chi connectivity index (χ0v) is 15.1. The average Bonchev–Trinajstić information content (AvgIpc) is 2.59. The van der Waals surface area contributed by atoms with Gasteiger partial charge in [0.2, 0.25) is 0 Å². The Hall–Kier alpha value is -2.74. The van der Waals surface area contributed by atoms with Crippen molar-refractivity contribution in [3.63, 3.8) is 0 Å². The van der Waals surface area contributed by atoms with Crippen LogP contribution in [-0.2, 0) is 9.53 Å². The predicted molar refractivity (Wildman–Crippen MR) is 94.2 cm³/mol. The van der Waals surface area contributed by atoms with Crippen molar-refractivity contribution in [2.75, 3.05) is 7.11 Å². The van der Waals surface area contributed by atoms with Crippen molar-refractivity contribution in [1.29, 1.82) is 0 Å². The molecule has 0 fully saturated rings. The number of methoxy groups -OCH3 is 1. The van der Waals surface area contributed by atoms with E-state index >= 15 is 0 Å². The van der Waals surface area contributed by atoms with E-state index in [0.29, 0.717) is 11.1 Å². The molecule has 8 heteroatoms. The number of halogens is 1. The van der Waals surface area contributed by atoms with E-state index in [0.717, 1.165) is 4.47 Å². The molecule has 0 aliphatic rings. The molecule has 2 aromatic rings. The molecule has 1 N–H and O–H groups in total. The first kappa shape index (κ1) is 18.6. The van der Waals surface area contributed by atoms with E-state index in [1.807, 2.05) is 0 Å². The van der Waals surface area contributed by atoms with E-state index < -0.39 is 22.8 Å². The van der Waals surface area contributed by atoms with Gasteiger partial charge < -0.3 is 10.1 Å². The molecular weight excluding hydrogens is 392 g/mol. The molecular formula is C17H15BrN2O5. The van der Waals surface area contributed by atoms with Gasteiger partial charge in [-0.3, -0.25) is 14.9 Å². The first-order valence-corrected chi connectivity index (χ1v) is 8.02. The number of nitro benzene ring substituents is 1. The molecule has 0 aliphatic carbocycles. The Kier molecular flexibility index (Phi) is 5.87. The van der Waals surface area contributed by atoms with E-state index in [1.54, 1.807) is 31.2 Å². The molecule has 25 heavy (non-hydrogen) atoms. The third kappa shape index (κ3) is 4.42. The van der Waals surface area contributed by atoms with E-state index in [9.17, 15) is 19.7 Å². The van der Waals surface area contributed by atoms with Crippen LogP contribution < -0.4 is 5.32 Å². The van der Waals surface area contributed by atoms with Crippen LogP contribution in [0.25, 0.3) is 0 Å². The van der Waals surface area contributed by atoms with E-state index in [1.165, 1.54) is 25.3 Å². The van der Waals surface area contributed by atoms with Crippen LogP contribution in [-0.4, -0.2) is 23.9 Å². The minimum absolute atomic E-state index is 0.0750. The van der Waals surface area contributed by atoms with Crippen molar-refractivity contribution >= 4 is 33.5 Å². The SMILES string of the molecule is COC(=O)C(NC(=O)c1ccc([N+](=O)[O-])c(C)c1)c1ccc(Br)cc1. The van der Waals surface area contributed by atoms with E-state index in [2.05, 4.69) is 21.2 Å². The summed E-state index contributed by atoms with van der Waals surface area (Å²) in [5.41, 5.74) is 1.06. The molecule has 0 saturated heterocycles. The average molecular weight is 407 g/mol. The van der Waals surface area contributed by atoms with Crippen LogP contribution in [0.5, 0.6) is 0 Å². The first-order valence-electron chi connectivity index (χ1n) is 7.22. The van der Waals surface area contributed by atoms with Gasteiger partial charge in [0.1, 0.15) is 0 Å². The fourth-order valence-corrected chi connectivity index (χ4v) is 2.53. The van der Waals surface area contributed by atoms with Crippen LogP contribution in [0, 0.1) is 17.0 Å². The molecule has 0 radical (unpaired) electrons. The second kappa shape index (κ2) is 7.89. The Morgan fingerprint density at radius 2 is 1.84 bits per heavy atom. The highest BCUT2D eigenvalue weighted by Crippen LogP contribution is 2.21. The standard InChI is InChI=1S/C17H15BrN2O5/c1-10-9-12(5-8-14(10)20(23)24)16(21)19-15(17(22)25-2)11-3-6-13(18)7-4-11/h3-9,15H,1-2H3,(H,19,21). The summed E-state index contributed by atoms with van der Waals surface area (Å²) in [6.45, 7) is 1.54. The summed E-state index contributed by atoms with van der Waals surface area (Å²) in [5, 5.41) is 13.5. The number of carbonyl (C=O) groups is 2. The van der Waals surface area contributed by atoms with Crippen LogP contribution in [0.2, 0.25) is 0 Å². The Morgan fingerprint density at radius 1 is 1.20 bits per heavy atom. The number of benzene rings is 2. The van der Waals surface area contributed by atoms with Crippen LogP contribution in [0.3, 0.4) is 0 Å². The number of amides is 1. The summed E-state index contributed by atoms with van der Waals surface area (Å²) in [7, 11) is 1.23.